The van der Waals surface area contributed by atoms with E-state index in [-0.39, 0.29) is 13.2 Å². The number of hydrogen-bond donors (Lipinski definition) is 0. The molecule has 0 saturated carbocycles. The average Bonchev–Trinajstić information content (AvgIpc) is 2.35. The summed E-state index contributed by atoms with van der Waals surface area (Å²) in [4.78, 5) is 21.8. The molecule has 0 aromatic rings. The zero-order valence-electron chi connectivity index (χ0n) is 10.8. The molecule has 0 aliphatic carbocycles. The third kappa shape index (κ3) is 5.55. The molecule has 1 aliphatic rings. The Morgan fingerprint density at radius 2 is 2.05 bits per heavy atom. The molecule has 6 heteroatoms. The normalized spacial score (nSPS) is 25.4. The van der Waals surface area contributed by atoms with E-state index in [4.69, 9.17) is 25.4 Å². The summed E-state index contributed by atoms with van der Waals surface area (Å²) in [6.07, 6.45) is 6.40. The topological polar surface area (TPSA) is 71.1 Å². The standard InChI is InChI=1S/C13H16O6/c1-4-7-16-13-6-5-11(18-10(3)15)12(19-13)8-17-9(2)14/h1,5-6,11-13H,7-8H2,2-3H3/t11-,12?,13+/m0/s1. The highest BCUT2D eigenvalue weighted by molar-refractivity contribution is 5.66. The lowest BCUT2D eigenvalue weighted by Gasteiger charge is -2.30. The Bertz CT molecular complexity index is 394. The molecular formula is C13H16O6. The fourth-order valence-electron chi connectivity index (χ4n) is 1.48. The molecule has 0 aromatic carbocycles. The molecule has 0 bridgehead atoms. The minimum atomic E-state index is -0.650. The van der Waals surface area contributed by atoms with Gasteiger partial charge in [0.15, 0.2) is 6.29 Å². The van der Waals surface area contributed by atoms with E-state index >= 15 is 0 Å². The molecule has 1 aliphatic heterocycles. The van der Waals surface area contributed by atoms with E-state index in [0.717, 1.165) is 0 Å². The monoisotopic (exact) mass is 268 g/mol. The van der Waals surface area contributed by atoms with Crippen LogP contribution < -0.4 is 0 Å². The average molecular weight is 268 g/mol. The summed E-state index contributed by atoms with van der Waals surface area (Å²) in [5.74, 6) is 1.42. The lowest BCUT2D eigenvalue weighted by atomic mass is 10.1. The third-order valence-corrected chi connectivity index (χ3v) is 2.22. The molecule has 104 valence electrons. The van der Waals surface area contributed by atoms with Crippen LogP contribution in [0.1, 0.15) is 13.8 Å². The lowest BCUT2D eigenvalue weighted by Crippen LogP contribution is -2.42. The molecular weight excluding hydrogens is 252 g/mol. The Balaban J connectivity index is 2.63. The Morgan fingerprint density at radius 3 is 2.63 bits per heavy atom. The number of terminal acetylenes is 1. The summed E-state index contributed by atoms with van der Waals surface area (Å²) in [5.41, 5.74) is 0. The van der Waals surface area contributed by atoms with Gasteiger partial charge in [-0.15, -0.1) is 6.42 Å². The van der Waals surface area contributed by atoms with E-state index in [1.165, 1.54) is 13.8 Å². The first-order chi connectivity index (χ1) is 9.02. The van der Waals surface area contributed by atoms with Crippen molar-refractivity contribution >= 4 is 11.9 Å². The molecule has 0 amide bonds. The van der Waals surface area contributed by atoms with Gasteiger partial charge in [0.25, 0.3) is 0 Å². The van der Waals surface area contributed by atoms with Crippen molar-refractivity contribution in [3.8, 4) is 12.3 Å². The number of esters is 2. The van der Waals surface area contributed by atoms with Gasteiger partial charge in [0.1, 0.15) is 25.4 Å². The largest absolute Gasteiger partial charge is 0.463 e. The van der Waals surface area contributed by atoms with Gasteiger partial charge in [0, 0.05) is 13.8 Å². The van der Waals surface area contributed by atoms with Crippen molar-refractivity contribution in [2.24, 2.45) is 0 Å². The van der Waals surface area contributed by atoms with E-state index in [2.05, 4.69) is 5.92 Å². The number of rotatable bonds is 5. The van der Waals surface area contributed by atoms with Crippen LogP contribution in [-0.4, -0.2) is 43.7 Å². The number of carbonyl (C=O) groups excluding carboxylic acids is 2. The van der Waals surface area contributed by atoms with Gasteiger partial charge < -0.3 is 18.9 Å². The van der Waals surface area contributed by atoms with Crippen LogP contribution >= 0.6 is 0 Å². The molecule has 1 unspecified atom stereocenters. The van der Waals surface area contributed by atoms with Crippen molar-refractivity contribution in [3.05, 3.63) is 12.2 Å². The van der Waals surface area contributed by atoms with E-state index in [9.17, 15) is 9.59 Å². The van der Waals surface area contributed by atoms with Crippen molar-refractivity contribution in [2.45, 2.75) is 32.3 Å². The first kappa shape index (κ1) is 15.2. The first-order valence-electron chi connectivity index (χ1n) is 5.72. The molecule has 0 spiro atoms. The molecule has 6 nitrogen and oxygen atoms in total. The molecule has 1 heterocycles. The highest BCUT2D eigenvalue weighted by Gasteiger charge is 2.30. The maximum atomic E-state index is 11.0. The summed E-state index contributed by atoms with van der Waals surface area (Å²) in [6.45, 7) is 2.63. The summed E-state index contributed by atoms with van der Waals surface area (Å²) >= 11 is 0. The Labute approximate surface area is 111 Å². The highest BCUT2D eigenvalue weighted by Crippen LogP contribution is 2.17. The van der Waals surface area contributed by atoms with E-state index in [1.54, 1.807) is 12.2 Å². The maximum absolute atomic E-state index is 11.0. The Hall–Kier alpha value is -1.84. The maximum Gasteiger partial charge on any atom is 0.303 e. The van der Waals surface area contributed by atoms with Crippen LogP contribution in [0.4, 0.5) is 0 Å². The van der Waals surface area contributed by atoms with Crippen molar-refractivity contribution in [1.29, 1.82) is 0 Å². The van der Waals surface area contributed by atoms with Gasteiger partial charge >= 0.3 is 11.9 Å². The van der Waals surface area contributed by atoms with Gasteiger partial charge in [0.2, 0.25) is 0 Å². The quantitative estimate of drug-likeness (QED) is 0.408. The minimum Gasteiger partial charge on any atom is -0.463 e. The van der Waals surface area contributed by atoms with Crippen LogP contribution in [-0.2, 0) is 28.5 Å². The van der Waals surface area contributed by atoms with Crippen LogP contribution in [0.2, 0.25) is 0 Å². The van der Waals surface area contributed by atoms with Gasteiger partial charge in [-0.3, -0.25) is 9.59 Å². The summed E-state index contributed by atoms with van der Waals surface area (Å²) in [6, 6.07) is 0. The van der Waals surface area contributed by atoms with Gasteiger partial charge in [-0.1, -0.05) is 5.92 Å². The minimum absolute atomic E-state index is 0.0342. The third-order valence-electron chi connectivity index (χ3n) is 2.22. The van der Waals surface area contributed by atoms with Crippen LogP contribution in [0.25, 0.3) is 0 Å². The highest BCUT2D eigenvalue weighted by atomic mass is 16.7. The smallest absolute Gasteiger partial charge is 0.303 e. The van der Waals surface area contributed by atoms with E-state index in [0.29, 0.717) is 0 Å². The molecule has 1 rings (SSSR count). The Morgan fingerprint density at radius 1 is 1.32 bits per heavy atom. The van der Waals surface area contributed by atoms with Crippen molar-refractivity contribution in [3.63, 3.8) is 0 Å². The number of hydrogen-bond acceptors (Lipinski definition) is 6. The number of carbonyl (C=O) groups is 2. The van der Waals surface area contributed by atoms with Crippen molar-refractivity contribution in [1.82, 2.24) is 0 Å². The second kappa shape index (κ2) is 7.56. The molecule has 0 radical (unpaired) electrons. The summed E-state index contributed by atoms with van der Waals surface area (Å²) in [7, 11) is 0. The fourth-order valence-corrected chi connectivity index (χ4v) is 1.48. The zero-order valence-corrected chi connectivity index (χ0v) is 10.8. The summed E-state index contributed by atoms with van der Waals surface area (Å²) < 4.78 is 20.6. The Kier molecular flexibility index (Phi) is 6.06. The lowest BCUT2D eigenvalue weighted by molar-refractivity contribution is -0.193. The summed E-state index contributed by atoms with van der Waals surface area (Å²) in [5, 5.41) is 0. The second-order valence-corrected chi connectivity index (χ2v) is 3.82. The van der Waals surface area contributed by atoms with Crippen LogP contribution in [0.15, 0.2) is 12.2 Å². The van der Waals surface area contributed by atoms with Crippen LogP contribution in [0.3, 0.4) is 0 Å². The zero-order chi connectivity index (χ0) is 14.3. The molecule has 0 aromatic heterocycles. The fraction of sp³-hybridized carbons (Fsp3) is 0.538. The van der Waals surface area contributed by atoms with Crippen molar-refractivity contribution < 1.29 is 28.5 Å². The van der Waals surface area contributed by atoms with Gasteiger partial charge in [0.05, 0.1) is 0 Å². The molecule has 3 atom stereocenters. The molecule has 19 heavy (non-hydrogen) atoms. The van der Waals surface area contributed by atoms with E-state index in [1.807, 2.05) is 0 Å². The van der Waals surface area contributed by atoms with Crippen LogP contribution in [0.5, 0.6) is 0 Å². The predicted octanol–water partition coefficient (Wildman–Crippen LogP) is 0.412. The predicted molar refractivity (Wildman–Crippen MR) is 64.8 cm³/mol. The van der Waals surface area contributed by atoms with Gasteiger partial charge in [-0.05, 0) is 12.2 Å². The molecule has 0 N–H and O–H groups in total. The van der Waals surface area contributed by atoms with Gasteiger partial charge in [-0.2, -0.15) is 0 Å². The van der Waals surface area contributed by atoms with Crippen LogP contribution in [0, 0.1) is 12.3 Å². The van der Waals surface area contributed by atoms with Crippen molar-refractivity contribution in [2.75, 3.05) is 13.2 Å². The second-order valence-electron chi connectivity index (χ2n) is 3.82. The van der Waals surface area contributed by atoms with E-state index < -0.39 is 30.4 Å². The first-order valence-corrected chi connectivity index (χ1v) is 5.72. The SMILES string of the molecule is C#CCO[C@H]1C=C[C@H](OC(C)=O)C(COC(C)=O)O1. The van der Waals surface area contributed by atoms with Gasteiger partial charge in [-0.25, -0.2) is 0 Å². The molecule has 0 fully saturated rings. The molecule has 0 saturated heterocycles. The number of ether oxygens (including phenoxy) is 4.